The van der Waals surface area contributed by atoms with E-state index in [1.807, 2.05) is 19.1 Å². The van der Waals surface area contributed by atoms with Crippen molar-refractivity contribution < 1.29 is 9.90 Å². The lowest BCUT2D eigenvalue weighted by Gasteiger charge is -2.10. The van der Waals surface area contributed by atoms with Gasteiger partial charge in [0.15, 0.2) is 0 Å². The number of amides is 1. The van der Waals surface area contributed by atoms with Crippen molar-refractivity contribution in [3.05, 3.63) is 59.2 Å². The second kappa shape index (κ2) is 6.13. The predicted molar refractivity (Wildman–Crippen MR) is 86.1 cm³/mol. The van der Waals surface area contributed by atoms with E-state index in [2.05, 4.69) is 5.32 Å². The highest BCUT2D eigenvalue weighted by Gasteiger charge is 2.07. The predicted octanol–water partition coefficient (Wildman–Crippen LogP) is 3.24. The minimum absolute atomic E-state index is 0.204. The number of phenols is 1. The monoisotopic (exact) mass is 282 g/mol. The number of nitrogens with one attached hydrogen (secondary N) is 1. The van der Waals surface area contributed by atoms with Crippen LogP contribution in [0.4, 0.5) is 11.4 Å². The van der Waals surface area contributed by atoms with E-state index in [-0.39, 0.29) is 11.7 Å². The van der Waals surface area contributed by atoms with Crippen LogP contribution in [-0.2, 0) is 4.79 Å². The molecule has 2 aromatic carbocycles. The van der Waals surface area contributed by atoms with Gasteiger partial charge in [0.25, 0.3) is 0 Å². The Hall–Kier alpha value is -2.75. The molecule has 0 aliphatic rings. The van der Waals surface area contributed by atoms with Crippen molar-refractivity contribution >= 4 is 23.4 Å². The molecule has 0 radical (unpaired) electrons. The summed E-state index contributed by atoms with van der Waals surface area (Å²) in [6.45, 7) is 3.58. The molecule has 0 aromatic heterocycles. The van der Waals surface area contributed by atoms with Crippen molar-refractivity contribution in [1.29, 1.82) is 0 Å². The molecule has 0 saturated carbocycles. The summed E-state index contributed by atoms with van der Waals surface area (Å²) < 4.78 is 0. The van der Waals surface area contributed by atoms with Gasteiger partial charge in [0, 0.05) is 23.0 Å². The van der Waals surface area contributed by atoms with Crippen LogP contribution in [0.5, 0.6) is 5.75 Å². The molecule has 4 N–H and O–H groups in total. The highest BCUT2D eigenvalue weighted by Crippen LogP contribution is 2.27. The normalized spacial score (nSPS) is 10.8. The first-order valence-electron chi connectivity index (χ1n) is 6.61. The van der Waals surface area contributed by atoms with Crippen molar-refractivity contribution in [2.24, 2.45) is 0 Å². The SMILES string of the molecule is Cc1ccc(NC(=O)/C=C/c2ccc(N)cc2)c(C)c1O. The quantitative estimate of drug-likeness (QED) is 0.597. The number of aryl methyl sites for hydroxylation is 1. The van der Waals surface area contributed by atoms with Crippen LogP contribution in [0, 0.1) is 13.8 Å². The largest absolute Gasteiger partial charge is 0.507 e. The first kappa shape index (κ1) is 14.7. The molecule has 4 nitrogen and oxygen atoms in total. The zero-order valence-corrected chi connectivity index (χ0v) is 12.1. The zero-order chi connectivity index (χ0) is 15.4. The number of aromatic hydroxyl groups is 1. The van der Waals surface area contributed by atoms with Gasteiger partial charge < -0.3 is 16.2 Å². The molecule has 2 aromatic rings. The van der Waals surface area contributed by atoms with E-state index in [0.29, 0.717) is 16.9 Å². The van der Waals surface area contributed by atoms with Gasteiger partial charge in [0.2, 0.25) is 5.91 Å². The third-order valence-corrected chi connectivity index (χ3v) is 3.25. The highest BCUT2D eigenvalue weighted by molar-refractivity contribution is 6.02. The summed E-state index contributed by atoms with van der Waals surface area (Å²) in [7, 11) is 0. The van der Waals surface area contributed by atoms with Gasteiger partial charge in [0.1, 0.15) is 5.75 Å². The van der Waals surface area contributed by atoms with Crippen LogP contribution in [0.2, 0.25) is 0 Å². The molecule has 0 unspecified atom stereocenters. The van der Waals surface area contributed by atoms with Crippen LogP contribution in [0.1, 0.15) is 16.7 Å². The topological polar surface area (TPSA) is 75.4 Å². The van der Waals surface area contributed by atoms with Gasteiger partial charge in [-0.05, 0) is 49.2 Å². The zero-order valence-electron chi connectivity index (χ0n) is 12.1. The molecule has 0 fully saturated rings. The summed E-state index contributed by atoms with van der Waals surface area (Å²) in [5.74, 6) is -0.0477. The van der Waals surface area contributed by atoms with E-state index in [4.69, 9.17) is 5.73 Å². The Morgan fingerprint density at radius 3 is 2.48 bits per heavy atom. The first-order valence-corrected chi connectivity index (χ1v) is 6.61. The molecule has 0 heterocycles. The second-order valence-corrected chi connectivity index (χ2v) is 4.89. The van der Waals surface area contributed by atoms with Crippen molar-refractivity contribution in [3.8, 4) is 5.75 Å². The molecule has 0 saturated heterocycles. The molecule has 1 amide bonds. The Balaban J connectivity index is 2.08. The maximum atomic E-state index is 11.9. The van der Waals surface area contributed by atoms with Gasteiger partial charge in [-0.25, -0.2) is 0 Å². The fourth-order valence-corrected chi connectivity index (χ4v) is 1.92. The van der Waals surface area contributed by atoms with Crippen LogP contribution in [0.3, 0.4) is 0 Å². The number of rotatable bonds is 3. The Morgan fingerprint density at radius 2 is 1.81 bits per heavy atom. The molecule has 0 bridgehead atoms. The third kappa shape index (κ3) is 3.63. The second-order valence-electron chi connectivity index (χ2n) is 4.89. The summed E-state index contributed by atoms with van der Waals surface area (Å²) in [5, 5.41) is 12.6. The van der Waals surface area contributed by atoms with Crippen molar-refractivity contribution in [2.45, 2.75) is 13.8 Å². The van der Waals surface area contributed by atoms with E-state index in [0.717, 1.165) is 11.1 Å². The Bertz CT molecular complexity index is 689. The molecule has 0 aliphatic carbocycles. The number of nitrogen functional groups attached to an aromatic ring is 1. The van der Waals surface area contributed by atoms with E-state index in [9.17, 15) is 9.90 Å². The maximum absolute atomic E-state index is 11.9. The number of carbonyl (C=O) groups excluding carboxylic acids is 1. The number of anilines is 2. The molecule has 21 heavy (non-hydrogen) atoms. The fourth-order valence-electron chi connectivity index (χ4n) is 1.92. The van der Waals surface area contributed by atoms with Gasteiger partial charge in [-0.3, -0.25) is 4.79 Å². The number of nitrogens with two attached hydrogens (primary N) is 1. The lowest BCUT2D eigenvalue weighted by molar-refractivity contribution is -0.111. The summed E-state index contributed by atoms with van der Waals surface area (Å²) >= 11 is 0. The summed E-state index contributed by atoms with van der Waals surface area (Å²) in [6, 6.07) is 10.8. The van der Waals surface area contributed by atoms with E-state index in [1.165, 1.54) is 6.08 Å². The average molecular weight is 282 g/mol. The Kier molecular flexibility index (Phi) is 4.28. The lowest BCUT2D eigenvalue weighted by Crippen LogP contribution is -2.09. The maximum Gasteiger partial charge on any atom is 0.248 e. The van der Waals surface area contributed by atoms with Crippen molar-refractivity contribution in [1.82, 2.24) is 0 Å². The van der Waals surface area contributed by atoms with Crippen LogP contribution in [0.15, 0.2) is 42.5 Å². The standard InChI is InChI=1S/C17H18N2O2/c1-11-3-9-15(12(2)17(11)21)19-16(20)10-6-13-4-7-14(18)8-5-13/h3-10,21H,18H2,1-2H3,(H,19,20)/b10-6+. The molecule has 0 spiro atoms. The van der Waals surface area contributed by atoms with E-state index >= 15 is 0 Å². The molecular formula is C17H18N2O2. The first-order chi connectivity index (χ1) is 9.97. The number of benzene rings is 2. The highest BCUT2D eigenvalue weighted by atomic mass is 16.3. The number of carbonyl (C=O) groups is 1. The van der Waals surface area contributed by atoms with E-state index < -0.39 is 0 Å². The molecule has 0 atom stereocenters. The van der Waals surface area contributed by atoms with Crippen molar-refractivity contribution in [2.75, 3.05) is 11.1 Å². The number of phenolic OH excluding ortho intramolecular Hbond substituents is 1. The van der Waals surface area contributed by atoms with Gasteiger partial charge in [-0.2, -0.15) is 0 Å². The lowest BCUT2D eigenvalue weighted by atomic mass is 10.1. The van der Waals surface area contributed by atoms with Gasteiger partial charge in [0.05, 0.1) is 0 Å². The van der Waals surface area contributed by atoms with Crippen LogP contribution < -0.4 is 11.1 Å². The number of hydrogen-bond donors (Lipinski definition) is 3. The van der Waals surface area contributed by atoms with E-state index in [1.54, 1.807) is 37.3 Å². The smallest absolute Gasteiger partial charge is 0.248 e. The summed E-state index contributed by atoms with van der Waals surface area (Å²) in [5.41, 5.74) is 9.21. The summed E-state index contributed by atoms with van der Waals surface area (Å²) in [4.78, 5) is 11.9. The van der Waals surface area contributed by atoms with Gasteiger partial charge in [-0.1, -0.05) is 18.2 Å². The molecule has 0 aliphatic heterocycles. The van der Waals surface area contributed by atoms with Crippen LogP contribution in [-0.4, -0.2) is 11.0 Å². The van der Waals surface area contributed by atoms with Crippen LogP contribution >= 0.6 is 0 Å². The molecular weight excluding hydrogens is 264 g/mol. The summed E-state index contributed by atoms with van der Waals surface area (Å²) in [6.07, 6.45) is 3.15. The van der Waals surface area contributed by atoms with Gasteiger partial charge >= 0.3 is 0 Å². The Morgan fingerprint density at radius 1 is 1.14 bits per heavy atom. The Labute approximate surface area is 123 Å². The minimum atomic E-state index is -0.252. The third-order valence-electron chi connectivity index (χ3n) is 3.25. The fraction of sp³-hybridized carbons (Fsp3) is 0.118. The average Bonchev–Trinajstić information content (AvgIpc) is 2.47. The molecule has 4 heteroatoms. The van der Waals surface area contributed by atoms with Crippen LogP contribution in [0.25, 0.3) is 6.08 Å². The van der Waals surface area contributed by atoms with Gasteiger partial charge in [-0.15, -0.1) is 0 Å². The number of hydrogen-bond acceptors (Lipinski definition) is 3. The molecule has 2 rings (SSSR count). The van der Waals surface area contributed by atoms with Crippen molar-refractivity contribution in [3.63, 3.8) is 0 Å². The molecule has 108 valence electrons. The minimum Gasteiger partial charge on any atom is -0.507 e.